The standard InChI is InChI=1S/C39H32N2O2/c1-23(2)26-16-12-17-27(24(3)4)37(26)41-32-19-10-9-18-31(32)40-39(41)30-22-35-29(21-34(42-35)25-13-6-5-7-14-25)36-28-15-8-11-20-33(28)43-38(30)36/h5-24H,1-4H3. The van der Waals surface area contributed by atoms with Gasteiger partial charge in [-0.25, -0.2) is 4.98 Å². The Hall–Kier alpha value is -5.09. The van der Waals surface area contributed by atoms with Crippen molar-refractivity contribution in [2.45, 2.75) is 39.5 Å². The summed E-state index contributed by atoms with van der Waals surface area (Å²) < 4.78 is 15.7. The van der Waals surface area contributed by atoms with Gasteiger partial charge < -0.3 is 8.83 Å². The zero-order chi connectivity index (χ0) is 29.2. The summed E-state index contributed by atoms with van der Waals surface area (Å²) in [5.41, 5.74) is 10.2. The van der Waals surface area contributed by atoms with Gasteiger partial charge in [-0.3, -0.25) is 4.57 Å². The predicted molar refractivity (Wildman–Crippen MR) is 177 cm³/mol. The molecule has 0 atom stereocenters. The van der Waals surface area contributed by atoms with Crippen LogP contribution in [0.2, 0.25) is 0 Å². The van der Waals surface area contributed by atoms with E-state index < -0.39 is 0 Å². The van der Waals surface area contributed by atoms with E-state index in [1.54, 1.807) is 0 Å². The van der Waals surface area contributed by atoms with Crippen molar-refractivity contribution >= 4 is 43.9 Å². The largest absolute Gasteiger partial charge is 0.456 e. The van der Waals surface area contributed by atoms with Crippen molar-refractivity contribution in [1.82, 2.24) is 9.55 Å². The molecule has 0 bridgehead atoms. The molecule has 0 saturated heterocycles. The SMILES string of the molecule is CC(C)c1cccc(C(C)C)c1-n1c(-c2cc3oc(-c4ccccc4)cc3c3c2oc2ccccc23)nc2ccccc21. The average Bonchev–Trinajstić information content (AvgIpc) is 3.73. The number of hydrogen-bond donors (Lipinski definition) is 0. The Bertz CT molecular complexity index is 2270. The first-order valence-corrected chi connectivity index (χ1v) is 15.0. The second kappa shape index (κ2) is 9.74. The molecular weight excluding hydrogens is 528 g/mol. The first kappa shape index (κ1) is 25.6. The number of furan rings is 2. The van der Waals surface area contributed by atoms with E-state index in [-0.39, 0.29) is 0 Å². The van der Waals surface area contributed by atoms with Crippen molar-refractivity contribution in [2.75, 3.05) is 0 Å². The lowest BCUT2D eigenvalue weighted by Crippen LogP contribution is -2.08. The maximum Gasteiger partial charge on any atom is 0.149 e. The summed E-state index contributed by atoms with van der Waals surface area (Å²) in [6.45, 7) is 9.05. The lowest BCUT2D eigenvalue weighted by molar-refractivity contribution is 0.631. The third-order valence-corrected chi connectivity index (χ3v) is 8.57. The normalized spacial score (nSPS) is 12.1. The lowest BCUT2D eigenvalue weighted by atomic mass is 9.92. The minimum Gasteiger partial charge on any atom is -0.456 e. The minimum absolute atomic E-state index is 0.329. The highest BCUT2D eigenvalue weighted by molar-refractivity contribution is 6.22. The second-order valence-electron chi connectivity index (χ2n) is 12.0. The molecule has 0 spiro atoms. The molecule has 8 aromatic rings. The molecule has 3 aromatic heterocycles. The summed E-state index contributed by atoms with van der Waals surface area (Å²) >= 11 is 0. The van der Waals surface area contributed by atoms with E-state index in [1.165, 1.54) is 16.8 Å². The average molecular weight is 561 g/mol. The number of fused-ring (bicyclic) bond motifs is 6. The fourth-order valence-corrected chi connectivity index (χ4v) is 6.52. The lowest BCUT2D eigenvalue weighted by Gasteiger charge is -2.22. The van der Waals surface area contributed by atoms with Crippen molar-refractivity contribution in [3.63, 3.8) is 0 Å². The van der Waals surface area contributed by atoms with Gasteiger partial charge in [-0.2, -0.15) is 0 Å². The van der Waals surface area contributed by atoms with Crippen LogP contribution < -0.4 is 0 Å². The summed E-state index contributed by atoms with van der Waals surface area (Å²) in [6, 6.07) is 37.9. The minimum atomic E-state index is 0.329. The summed E-state index contributed by atoms with van der Waals surface area (Å²) in [4.78, 5) is 5.31. The Morgan fingerprint density at radius 3 is 2.09 bits per heavy atom. The van der Waals surface area contributed by atoms with Crippen LogP contribution in [0.4, 0.5) is 0 Å². The second-order valence-corrected chi connectivity index (χ2v) is 12.0. The number of nitrogens with zero attached hydrogens (tertiary/aromatic N) is 2. The molecular formula is C39H32N2O2. The molecule has 0 radical (unpaired) electrons. The van der Waals surface area contributed by atoms with Crippen LogP contribution in [0.3, 0.4) is 0 Å². The van der Waals surface area contributed by atoms with E-state index in [0.717, 1.165) is 66.7 Å². The van der Waals surface area contributed by atoms with Gasteiger partial charge in [0, 0.05) is 21.7 Å². The maximum atomic E-state index is 6.71. The van der Waals surface area contributed by atoms with E-state index in [0.29, 0.717) is 11.8 Å². The van der Waals surface area contributed by atoms with E-state index in [1.807, 2.05) is 30.3 Å². The molecule has 0 unspecified atom stereocenters. The molecule has 3 heterocycles. The van der Waals surface area contributed by atoms with E-state index in [9.17, 15) is 0 Å². The zero-order valence-corrected chi connectivity index (χ0v) is 24.8. The molecule has 4 nitrogen and oxygen atoms in total. The van der Waals surface area contributed by atoms with Gasteiger partial charge in [-0.1, -0.05) is 107 Å². The highest BCUT2D eigenvalue weighted by atomic mass is 16.3. The molecule has 0 aliphatic heterocycles. The maximum absolute atomic E-state index is 6.71. The van der Waals surface area contributed by atoms with Gasteiger partial charge in [0.1, 0.15) is 28.3 Å². The van der Waals surface area contributed by atoms with Gasteiger partial charge in [-0.15, -0.1) is 0 Å². The van der Waals surface area contributed by atoms with Crippen LogP contribution in [0.1, 0.15) is 50.7 Å². The molecule has 8 rings (SSSR count). The van der Waals surface area contributed by atoms with E-state index in [2.05, 4.69) is 111 Å². The van der Waals surface area contributed by atoms with Crippen molar-refractivity contribution in [1.29, 1.82) is 0 Å². The summed E-state index contributed by atoms with van der Waals surface area (Å²) in [7, 11) is 0. The third kappa shape index (κ3) is 3.94. The van der Waals surface area contributed by atoms with Crippen LogP contribution in [0, 0.1) is 0 Å². The van der Waals surface area contributed by atoms with Gasteiger partial charge in [-0.05, 0) is 53.3 Å². The fraction of sp³-hybridized carbons (Fsp3) is 0.154. The van der Waals surface area contributed by atoms with Gasteiger partial charge in [0.05, 0.1) is 22.3 Å². The number of rotatable bonds is 5. The van der Waals surface area contributed by atoms with Crippen LogP contribution in [0.25, 0.3) is 72.3 Å². The van der Waals surface area contributed by atoms with Gasteiger partial charge in [0.2, 0.25) is 0 Å². The quantitative estimate of drug-likeness (QED) is 0.210. The van der Waals surface area contributed by atoms with Crippen LogP contribution in [-0.4, -0.2) is 9.55 Å². The highest BCUT2D eigenvalue weighted by Crippen LogP contribution is 2.45. The van der Waals surface area contributed by atoms with E-state index >= 15 is 0 Å². The van der Waals surface area contributed by atoms with Gasteiger partial charge >= 0.3 is 0 Å². The number of hydrogen-bond acceptors (Lipinski definition) is 3. The zero-order valence-electron chi connectivity index (χ0n) is 24.8. The van der Waals surface area contributed by atoms with Crippen molar-refractivity contribution in [3.05, 3.63) is 120 Å². The molecule has 0 N–H and O–H groups in total. The molecule has 210 valence electrons. The van der Waals surface area contributed by atoms with Gasteiger partial charge in [0.15, 0.2) is 0 Å². The van der Waals surface area contributed by atoms with Crippen LogP contribution in [-0.2, 0) is 0 Å². The van der Waals surface area contributed by atoms with Crippen molar-refractivity contribution < 1.29 is 8.83 Å². The topological polar surface area (TPSA) is 44.1 Å². The highest BCUT2D eigenvalue weighted by Gasteiger charge is 2.26. The predicted octanol–water partition coefficient (Wildman–Crippen LogP) is 11.3. The Morgan fingerprint density at radius 1 is 0.628 bits per heavy atom. The Morgan fingerprint density at radius 2 is 1.33 bits per heavy atom. The Labute approximate surface area is 250 Å². The molecule has 0 fully saturated rings. The molecule has 4 heteroatoms. The Kier molecular flexibility index (Phi) is 5.80. The molecule has 0 saturated carbocycles. The summed E-state index contributed by atoms with van der Waals surface area (Å²) in [5, 5.41) is 3.16. The molecule has 0 aliphatic rings. The van der Waals surface area contributed by atoms with Crippen LogP contribution >= 0.6 is 0 Å². The number of para-hydroxylation sites is 4. The third-order valence-electron chi connectivity index (χ3n) is 8.57. The van der Waals surface area contributed by atoms with Gasteiger partial charge in [0.25, 0.3) is 0 Å². The van der Waals surface area contributed by atoms with E-state index in [4.69, 9.17) is 13.8 Å². The Balaban J connectivity index is 1.53. The fourth-order valence-electron chi connectivity index (χ4n) is 6.52. The molecule has 0 amide bonds. The van der Waals surface area contributed by atoms with Crippen LogP contribution in [0.15, 0.2) is 118 Å². The molecule has 5 aromatic carbocycles. The number of benzene rings is 5. The number of aromatic nitrogens is 2. The summed E-state index contributed by atoms with van der Waals surface area (Å²) in [5.74, 6) is 2.34. The monoisotopic (exact) mass is 560 g/mol. The first-order chi connectivity index (χ1) is 21.0. The molecule has 43 heavy (non-hydrogen) atoms. The summed E-state index contributed by atoms with van der Waals surface area (Å²) in [6.07, 6.45) is 0. The van der Waals surface area contributed by atoms with Crippen molar-refractivity contribution in [2.24, 2.45) is 0 Å². The first-order valence-electron chi connectivity index (χ1n) is 15.0. The molecule has 0 aliphatic carbocycles. The van der Waals surface area contributed by atoms with Crippen LogP contribution in [0.5, 0.6) is 0 Å². The van der Waals surface area contributed by atoms with Crippen molar-refractivity contribution in [3.8, 4) is 28.4 Å². The smallest absolute Gasteiger partial charge is 0.149 e. The number of imidazole rings is 1.